The van der Waals surface area contributed by atoms with Crippen molar-refractivity contribution >= 4 is 43.5 Å². The molecular formula is C30H33BrF3N3O4S. The van der Waals surface area contributed by atoms with Gasteiger partial charge in [-0.2, -0.15) is 13.2 Å². The van der Waals surface area contributed by atoms with Crippen molar-refractivity contribution in [2.75, 3.05) is 17.1 Å². The molecular weight excluding hydrogens is 635 g/mol. The van der Waals surface area contributed by atoms with E-state index in [1.165, 1.54) is 11.0 Å². The third-order valence-corrected chi connectivity index (χ3v) is 7.85. The van der Waals surface area contributed by atoms with E-state index in [9.17, 15) is 31.2 Å². The molecule has 2 amide bonds. The minimum absolute atomic E-state index is 0.0542. The van der Waals surface area contributed by atoms with Gasteiger partial charge in [0.15, 0.2) is 0 Å². The molecule has 0 radical (unpaired) electrons. The number of hydrogen-bond acceptors (Lipinski definition) is 4. The smallest absolute Gasteiger partial charge is 0.350 e. The van der Waals surface area contributed by atoms with E-state index < -0.39 is 51.7 Å². The van der Waals surface area contributed by atoms with Crippen LogP contribution in [0.4, 0.5) is 18.9 Å². The van der Waals surface area contributed by atoms with Gasteiger partial charge >= 0.3 is 6.18 Å². The van der Waals surface area contributed by atoms with Crippen LogP contribution in [0.25, 0.3) is 0 Å². The molecule has 1 N–H and O–H groups in total. The average molecular weight is 669 g/mol. The van der Waals surface area contributed by atoms with Crippen molar-refractivity contribution in [1.82, 2.24) is 10.2 Å². The van der Waals surface area contributed by atoms with E-state index in [-0.39, 0.29) is 18.7 Å². The predicted octanol–water partition coefficient (Wildman–Crippen LogP) is 5.79. The number of hydrogen-bond donors (Lipinski definition) is 1. The summed E-state index contributed by atoms with van der Waals surface area (Å²) in [5, 5.41) is 2.91. The Labute approximate surface area is 252 Å². The zero-order valence-electron chi connectivity index (χ0n) is 23.7. The molecule has 0 spiro atoms. The molecule has 0 aliphatic heterocycles. The van der Waals surface area contributed by atoms with Crippen LogP contribution in [0.15, 0.2) is 83.3 Å². The maximum atomic E-state index is 14.0. The molecule has 0 aromatic heterocycles. The van der Waals surface area contributed by atoms with Gasteiger partial charge in [-0.15, -0.1) is 0 Å². The van der Waals surface area contributed by atoms with Crippen LogP contribution < -0.4 is 9.62 Å². The largest absolute Gasteiger partial charge is 0.416 e. The second-order valence-corrected chi connectivity index (χ2v) is 13.7. The standard InChI is InChI=1S/C30H33BrF3N3O4S/c1-29(2,3)35-28(39)26(17-21-9-6-5-7-10-21)36(19-22-13-15-24(31)16-14-22)27(38)20-37(42(4,40)41)25-12-8-11-23(18-25)30(32,33)34/h5-16,18,26H,17,19-20H2,1-4H3,(H,35,39)/t26-/m0/s1. The quantitative estimate of drug-likeness (QED) is 0.297. The Bertz CT molecular complexity index is 1490. The second-order valence-electron chi connectivity index (χ2n) is 10.9. The Balaban J connectivity index is 2.09. The fourth-order valence-corrected chi connectivity index (χ4v) is 5.35. The number of nitrogens with one attached hydrogen (secondary N) is 1. The highest BCUT2D eigenvalue weighted by molar-refractivity contribution is 9.10. The van der Waals surface area contributed by atoms with Gasteiger partial charge in [-0.3, -0.25) is 13.9 Å². The summed E-state index contributed by atoms with van der Waals surface area (Å²) in [6, 6.07) is 18.8. The lowest BCUT2D eigenvalue weighted by Crippen LogP contribution is -2.56. The summed E-state index contributed by atoms with van der Waals surface area (Å²) in [6.07, 6.45) is -3.79. The lowest BCUT2D eigenvalue weighted by molar-refractivity contribution is -0.140. The van der Waals surface area contributed by atoms with Crippen LogP contribution in [0, 0.1) is 0 Å². The maximum absolute atomic E-state index is 14.0. The number of carbonyl (C=O) groups excluding carboxylic acids is 2. The van der Waals surface area contributed by atoms with Crippen molar-refractivity contribution in [3.05, 3.63) is 100 Å². The molecule has 0 fully saturated rings. The van der Waals surface area contributed by atoms with Crippen molar-refractivity contribution in [3.8, 4) is 0 Å². The number of sulfonamides is 1. The van der Waals surface area contributed by atoms with E-state index in [4.69, 9.17) is 0 Å². The van der Waals surface area contributed by atoms with Gasteiger partial charge < -0.3 is 10.2 Å². The Morgan fingerprint density at radius 2 is 1.52 bits per heavy atom. The number of benzene rings is 3. The molecule has 1 atom stereocenters. The molecule has 12 heteroatoms. The van der Waals surface area contributed by atoms with E-state index in [1.807, 2.05) is 18.2 Å². The van der Waals surface area contributed by atoms with Gasteiger partial charge in [-0.25, -0.2) is 8.42 Å². The predicted molar refractivity (Wildman–Crippen MR) is 160 cm³/mol. The molecule has 3 aromatic carbocycles. The van der Waals surface area contributed by atoms with Gasteiger partial charge in [0.25, 0.3) is 0 Å². The minimum Gasteiger partial charge on any atom is -0.350 e. The Hall–Kier alpha value is -3.38. The number of halogens is 4. The molecule has 42 heavy (non-hydrogen) atoms. The minimum atomic E-state index is -4.72. The summed E-state index contributed by atoms with van der Waals surface area (Å²) in [7, 11) is -4.21. The summed E-state index contributed by atoms with van der Waals surface area (Å²) in [5.41, 5.74) is -0.590. The highest BCUT2D eigenvalue weighted by Gasteiger charge is 2.35. The first kappa shape index (κ1) is 33.1. The van der Waals surface area contributed by atoms with E-state index >= 15 is 0 Å². The lowest BCUT2D eigenvalue weighted by atomic mass is 10.0. The van der Waals surface area contributed by atoms with Crippen molar-refractivity contribution in [1.29, 1.82) is 0 Å². The lowest BCUT2D eigenvalue weighted by Gasteiger charge is -2.35. The zero-order valence-corrected chi connectivity index (χ0v) is 26.1. The molecule has 0 saturated heterocycles. The first-order chi connectivity index (χ1) is 19.4. The molecule has 0 saturated carbocycles. The van der Waals surface area contributed by atoms with Crippen LogP contribution >= 0.6 is 15.9 Å². The average Bonchev–Trinajstić information content (AvgIpc) is 2.88. The number of rotatable bonds is 10. The Morgan fingerprint density at radius 1 is 0.905 bits per heavy atom. The molecule has 3 aromatic rings. The fraction of sp³-hybridized carbons (Fsp3) is 0.333. The van der Waals surface area contributed by atoms with Gasteiger partial charge in [-0.1, -0.05) is 64.5 Å². The van der Waals surface area contributed by atoms with Gasteiger partial charge in [0.1, 0.15) is 12.6 Å². The maximum Gasteiger partial charge on any atom is 0.416 e. The van der Waals surface area contributed by atoms with Gasteiger partial charge in [-0.05, 0) is 62.2 Å². The first-order valence-electron chi connectivity index (χ1n) is 13.0. The van der Waals surface area contributed by atoms with Crippen LogP contribution in [0.3, 0.4) is 0 Å². The van der Waals surface area contributed by atoms with Gasteiger partial charge in [0, 0.05) is 23.0 Å². The highest BCUT2D eigenvalue weighted by Crippen LogP contribution is 2.32. The molecule has 0 unspecified atom stereocenters. The van der Waals surface area contributed by atoms with Crippen molar-refractivity contribution < 1.29 is 31.2 Å². The van der Waals surface area contributed by atoms with E-state index in [0.717, 1.165) is 28.4 Å². The van der Waals surface area contributed by atoms with Crippen LogP contribution in [0.5, 0.6) is 0 Å². The molecule has 0 aliphatic rings. The number of carbonyl (C=O) groups is 2. The SMILES string of the molecule is CC(C)(C)NC(=O)[C@H](Cc1ccccc1)N(Cc1ccc(Br)cc1)C(=O)CN(c1cccc(C(F)(F)F)c1)S(C)(=O)=O. The summed E-state index contributed by atoms with van der Waals surface area (Å²) < 4.78 is 67.4. The monoisotopic (exact) mass is 667 g/mol. The van der Waals surface area contributed by atoms with E-state index in [2.05, 4.69) is 21.2 Å². The molecule has 226 valence electrons. The van der Waals surface area contributed by atoms with Crippen LogP contribution in [0.1, 0.15) is 37.5 Å². The summed E-state index contributed by atoms with van der Waals surface area (Å²) in [5.74, 6) is -1.22. The molecule has 0 heterocycles. The summed E-state index contributed by atoms with van der Waals surface area (Å²) in [6.45, 7) is 4.52. The number of nitrogens with zero attached hydrogens (tertiary/aromatic N) is 2. The van der Waals surface area contributed by atoms with Crippen molar-refractivity contribution in [3.63, 3.8) is 0 Å². The normalized spacial score (nSPS) is 12.9. The topological polar surface area (TPSA) is 86.8 Å². The number of alkyl halides is 3. The zero-order chi connectivity index (χ0) is 31.3. The van der Waals surface area contributed by atoms with Crippen molar-refractivity contribution in [2.24, 2.45) is 0 Å². The Morgan fingerprint density at radius 3 is 2.07 bits per heavy atom. The fourth-order valence-electron chi connectivity index (χ4n) is 4.24. The van der Waals surface area contributed by atoms with Crippen LogP contribution in [-0.4, -0.2) is 49.5 Å². The van der Waals surface area contributed by atoms with E-state index in [0.29, 0.717) is 15.9 Å². The number of amides is 2. The second kappa shape index (κ2) is 13.3. The van der Waals surface area contributed by atoms with Crippen LogP contribution in [0.2, 0.25) is 0 Å². The summed E-state index contributed by atoms with van der Waals surface area (Å²) >= 11 is 3.37. The highest BCUT2D eigenvalue weighted by atomic mass is 79.9. The first-order valence-corrected chi connectivity index (χ1v) is 15.6. The Kier molecular flexibility index (Phi) is 10.5. The van der Waals surface area contributed by atoms with Gasteiger partial charge in [0.2, 0.25) is 21.8 Å². The third-order valence-electron chi connectivity index (χ3n) is 6.18. The molecule has 0 aliphatic carbocycles. The molecule has 0 bridgehead atoms. The van der Waals surface area contributed by atoms with Gasteiger partial charge in [0.05, 0.1) is 17.5 Å². The van der Waals surface area contributed by atoms with Crippen molar-refractivity contribution in [2.45, 2.75) is 51.5 Å². The number of anilines is 1. The summed E-state index contributed by atoms with van der Waals surface area (Å²) in [4.78, 5) is 29.0. The molecule has 3 rings (SSSR count). The third kappa shape index (κ3) is 9.59. The van der Waals surface area contributed by atoms with Crippen LogP contribution in [-0.2, 0) is 38.8 Å². The molecule has 7 nitrogen and oxygen atoms in total. The van der Waals surface area contributed by atoms with E-state index in [1.54, 1.807) is 57.2 Å².